The zero-order valence-electron chi connectivity index (χ0n) is 16.1. The molecule has 0 bridgehead atoms. The lowest BCUT2D eigenvalue weighted by Gasteiger charge is -2.26. The van der Waals surface area contributed by atoms with Crippen molar-refractivity contribution in [2.45, 2.75) is 38.5 Å². The van der Waals surface area contributed by atoms with Crippen LogP contribution in [-0.2, 0) is 15.3 Å². The molecule has 1 aromatic carbocycles. The molecule has 0 amide bonds. The number of sulfone groups is 1. The summed E-state index contributed by atoms with van der Waals surface area (Å²) >= 11 is 0. The minimum Gasteiger partial charge on any atom is -0.356 e. The average Bonchev–Trinajstić information content (AvgIpc) is 3.34. The first kappa shape index (κ1) is 20.7. The third kappa shape index (κ3) is 6.27. The van der Waals surface area contributed by atoms with Gasteiger partial charge in [-0.15, -0.1) is 0 Å². The van der Waals surface area contributed by atoms with Gasteiger partial charge in [-0.1, -0.05) is 26.0 Å². The van der Waals surface area contributed by atoms with Crippen LogP contribution in [0.25, 0.3) is 0 Å². The van der Waals surface area contributed by atoms with Gasteiger partial charge in [0.1, 0.15) is 15.7 Å². The first-order valence-corrected chi connectivity index (χ1v) is 11.0. The van der Waals surface area contributed by atoms with E-state index in [1.54, 1.807) is 19.2 Å². The number of benzene rings is 1. The van der Waals surface area contributed by atoms with Crippen molar-refractivity contribution in [3.8, 4) is 0 Å². The molecule has 0 heterocycles. The van der Waals surface area contributed by atoms with Gasteiger partial charge in [0.15, 0.2) is 5.96 Å². The van der Waals surface area contributed by atoms with Crippen LogP contribution in [0.15, 0.2) is 29.3 Å². The normalized spacial score (nSPS) is 17.0. The van der Waals surface area contributed by atoms with Crippen molar-refractivity contribution < 1.29 is 12.8 Å². The van der Waals surface area contributed by atoms with E-state index >= 15 is 0 Å². The van der Waals surface area contributed by atoms with E-state index in [0.29, 0.717) is 25.5 Å². The maximum absolute atomic E-state index is 13.5. The maximum atomic E-state index is 13.5. The van der Waals surface area contributed by atoms with Gasteiger partial charge in [0.2, 0.25) is 0 Å². The second kappa shape index (κ2) is 7.94. The molecule has 7 heteroatoms. The fourth-order valence-electron chi connectivity index (χ4n) is 2.88. The van der Waals surface area contributed by atoms with Crippen molar-refractivity contribution in [3.63, 3.8) is 0 Å². The van der Waals surface area contributed by atoms with Crippen molar-refractivity contribution in [1.29, 1.82) is 0 Å². The fourth-order valence-corrected chi connectivity index (χ4v) is 3.81. The third-order valence-electron chi connectivity index (χ3n) is 4.99. The van der Waals surface area contributed by atoms with Gasteiger partial charge in [-0.3, -0.25) is 4.99 Å². The molecule has 1 fully saturated rings. The number of hydrogen-bond acceptors (Lipinski definition) is 3. The van der Waals surface area contributed by atoms with Crippen molar-refractivity contribution in [1.82, 2.24) is 10.6 Å². The summed E-state index contributed by atoms with van der Waals surface area (Å²) in [4.78, 5) is 4.24. The summed E-state index contributed by atoms with van der Waals surface area (Å²) < 4.78 is 36.2. The van der Waals surface area contributed by atoms with Crippen molar-refractivity contribution in [2.75, 3.05) is 32.1 Å². The molecular formula is C19H30FN3O2S. The van der Waals surface area contributed by atoms with E-state index in [-0.39, 0.29) is 22.4 Å². The summed E-state index contributed by atoms with van der Waals surface area (Å²) in [6.07, 6.45) is 3.90. The fraction of sp³-hybridized carbons (Fsp3) is 0.632. The van der Waals surface area contributed by atoms with Crippen molar-refractivity contribution in [3.05, 3.63) is 35.6 Å². The number of rotatable bonds is 8. The number of nitrogens with zero attached hydrogens (tertiary/aromatic N) is 1. The summed E-state index contributed by atoms with van der Waals surface area (Å²) in [6, 6.07) is 6.80. The van der Waals surface area contributed by atoms with Crippen LogP contribution in [-0.4, -0.2) is 46.5 Å². The topological polar surface area (TPSA) is 70.6 Å². The lowest BCUT2D eigenvalue weighted by molar-refractivity contribution is 0.348. The molecule has 26 heavy (non-hydrogen) atoms. The van der Waals surface area contributed by atoms with E-state index in [2.05, 4.69) is 15.6 Å². The molecule has 5 nitrogen and oxygen atoms in total. The predicted molar refractivity (Wildman–Crippen MR) is 105 cm³/mol. The molecule has 2 N–H and O–H groups in total. The molecule has 0 unspecified atom stereocenters. The molecule has 0 saturated heterocycles. The van der Waals surface area contributed by atoms with Crippen LogP contribution in [0.2, 0.25) is 0 Å². The number of aliphatic imine (C=N–C) groups is 1. The second-order valence-electron chi connectivity index (χ2n) is 8.11. The van der Waals surface area contributed by atoms with Gasteiger partial charge in [-0.25, -0.2) is 12.8 Å². The molecular weight excluding hydrogens is 353 g/mol. The Bertz CT molecular complexity index is 756. The summed E-state index contributed by atoms with van der Waals surface area (Å²) in [6.45, 7) is 5.39. The first-order chi connectivity index (χ1) is 12.1. The van der Waals surface area contributed by atoms with Crippen LogP contribution in [0.3, 0.4) is 0 Å². The standard InChI is InChI=1S/C19H30FN3O2S/c1-18(2,10-11-26(4,24)25)13-22-17(21-3)23-14-19(8-9-19)15-6-5-7-16(20)12-15/h5-7,12H,8-11,13-14H2,1-4H3,(H2,21,22,23). The monoisotopic (exact) mass is 383 g/mol. The Morgan fingerprint density at radius 3 is 2.54 bits per heavy atom. The molecule has 0 radical (unpaired) electrons. The van der Waals surface area contributed by atoms with Crippen LogP contribution in [0, 0.1) is 11.2 Å². The average molecular weight is 384 g/mol. The lowest BCUT2D eigenvalue weighted by atomic mass is 9.90. The minimum absolute atomic E-state index is 0.0223. The Morgan fingerprint density at radius 2 is 2.00 bits per heavy atom. The number of halogens is 1. The van der Waals surface area contributed by atoms with Gasteiger partial charge in [0, 0.05) is 31.8 Å². The second-order valence-corrected chi connectivity index (χ2v) is 10.4. The molecule has 0 spiro atoms. The Labute approximate surface area is 156 Å². The minimum atomic E-state index is -2.96. The van der Waals surface area contributed by atoms with Crippen LogP contribution in [0.4, 0.5) is 4.39 Å². The highest BCUT2D eigenvalue weighted by Gasteiger charge is 2.44. The number of nitrogens with one attached hydrogen (secondary N) is 2. The highest BCUT2D eigenvalue weighted by atomic mass is 32.2. The van der Waals surface area contributed by atoms with E-state index in [1.807, 2.05) is 19.9 Å². The molecule has 0 aromatic heterocycles. The van der Waals surface area contributed by atoms with Crippen molar-refractivity contribution in [2.24, 2.45) is 10.4 Å². The SMILES string of the molecule is CN=C(NCC(C)(C)CCS(C)(=O)=O)NCC1(c2cccc(F)c2)CC1. The van der Waals surface area contributed by atoms with Crippen LogP contribution in [0.1, 0.15) is 38.7 Å². The Balaban J connectivity index is 1.86. The van der Waals surface area contributed by atoms with E-state index in [1.165, 1.54) is 12.3 Å². The zero-order valence-corrected chi connectivity index (χ0v) is 16.9. The molecule has 0 aliphatic heterocycles. The Kier molecular flexibility index (Phi) is 6.32. The molecule has 1 aliphatic rings. The predicted octanol–water partition coefficient (Wildman–Crippen LogP) is 2.48. The molecule has 1 aliphatic carbocycles. The first-order valence-electron chi connectivity index (χ1n) is 8.94. The van der Waals surface area contributed by atoms with Crippen LogP contribution < -0.4 is 10.6 Å². The van der Waals surface area contributed by atoms with E-state index in [9.17, 15) is 12.8 Å². The summed E-state index contributed by atoms with van der Waals surface area (Å²) in [5, 5.41) is 6.61. The van der Waals surface area contributed by atoms with Crippen LogP contribution in [0.5, 0.6) is 0 Å². The zero-order chi connectivity index (χ0) is 19.4. The summed E-state index contributed by atoms with van der Waals surface area (Å²) in [7, 11) is -1.25. The van der Waals surface area contributed by atoms with Gasteiger partial charge in [-0.2, -0.15) is 0 Å². The molecule has 0 atom stereocenters. The molecule has 146 valence electrons. The summed E-state index contributed by atoms with van der Waals surface area (Å²) in [5.41, 5.74) is 0.834. The van der Waals surface area contributed by atoms with Crippen LogP contribution >= 0.6 is 0 Å². The molecule has 2 rings (SSSR count). The van der Waals surface area contributed by atoms with Gasteiger partial charge in [0.05, 0.1) is 5.75 Å². The Morgan fingerprint density at radius 1 is 1.31 bits per heavy atom. The van der Waals surface area contributed by atoms with Crippen molar-refractivity contribution >= 4 is 15.8 Å². The van der Waals surface area contributed by atoms with E-state index < -0.39 is 9.84 Å². The van der Waals surface area contributed by atoms with Gasteiger partial charge in [-0.05, 0) is 42.4 Å². The van der Waals surface area contributed by atoms with Gasteiger partial charge >= 0.3 is 0 Å². The molecule has 1 saturated carbocycles. The van der Waals surface area contributed by atoms with Gasteiger partial charge in [0.25, 0.3) is 0 Å². The quantitative estimate of drug-likeness (QED) is 0.534. The summed E-state index contributed by atoms with van der Waals surface area (Å²) in [5.74, 6) is 0.653. The number of hydrogen-bond donors (Lipinski definition) is 2. The van der Waals surface area contributed by atoms with E-state index in [0.717, 1.165) is 18.4 Å². The third-order valence-corrected chi connectivity index (χ3v) is 5.94. The van der Waals surface area contributed by atoms with Gasteiger partial charge < -0.3 is 10.6 Å². The highest BCUT2D eigenvalue weighted by molar-refractivity contribution is 7.90. The number of guanidine groups is 1. The highest BCUT2D eigenvalue weighted by Crippen LogP contribution is 2.47. The Hall–Kier alpha value is -1.63. The largest absolute Gasteiger partial charge is 0.356 e. The lowest BCUT2D eigenvalue weighted by Crippen LogP contribution is -2.44. The molecule has 1 aromatic rings. The maximum Gasteiger partial charge on any atom is 0.191 e. The van der Waals surface area contributed by atoms with E-state index in [4.69, 9.17) is 0 Å². The smallest absolute Gasteiger partial charge is 0.191 e.